The van der Waals surface area contributed by atoms with Crippen LogP contribution < -0.4 is 9.47 Å². The molecular weight excluding hydrogens is 222 g/mol. The van der Waals surface area contributed by atoms with E-state index in [1.54, 1.807) is 12.1 Å². The fraction of sp³-hybridized carbons (Fsp3) is 0.333. The van der Waals surface area contributed by atoms with Crippen LogP contribution in [0.3, 0.4) is 0 Å². The van der Waals surface area contributed by atoms with Crippen LogP contribution in [0.25, 0.3) is 0 Å². The minimum Gasteiger partial charge on any atom is -0.493 e. The first-order chi connectivity index (χ1) is 8.13. The van der Waals surface area contributed by atoms with Gasteiger partial charge in [-0.3, -0.25) is 10.1 Å². The van der Waals surface area contributed by atoms with Gasteiger partial charge >= 0.3 is 0 Å². The van der Waals surface area contributed by atoms with E-state index in [9.17, 15) is 10.1 Å². The Labute approximate surface area is 99.8 Å². The highest BCUT2D eigenvalue weighted by Gasteiger charge is 2.18. The van der Waals surface area contributed by atoms with Crippen molar-refractivity contribution in [3.8, 4) is 11.5 Å². The molecule has 1 aromatic rings. The lowest BCUT2D eigenvalue weighted by molar-refractivity contribution is -0.385. The zero-order chi connectivity index (χ0) is 12.8. The van der Waals surface area contributed by atoms with E-state index in [-0.39, 0.29) is 12.3 Å². The molecule has 0 amide bonds. The summed E-state index contributed by atoms with van der Waals surface area (Å²) in [6.45, 7) is 5.65. The number of benzene rings is 1. The first-order valence-corrected chi connectivity index (χ1v) is 5.23. The van der Waals surface area contributed by atoms with Crippen molar-refractivity contribution >= 4 is 5.69 Å². The van der Waals surface area contributed by atoms with Crippen molar-refractivity contribution < 1.29 is 14.4 Å². The van der Waals surface area contributed by atoms with Crippen LogP contribution in [0.2, 0.25) is 0 Å². The molecule has 0 spiro atoms. The molecule has 0 aliphatic carbocycles. The van der Waals surface area contributed by atoms with E-state index in [0.29, 0.717) is 23.5 Å². The van der Waals surface area contributed by atoms with Crippen molar-refractivity contribution in [1.29, 1.82) is 0 Å². The SMILES string of the molecule is C=CCOc1cc([N+](=O)[O-])c(CC)cc1OC. The molecule has 1 rings (SSSR count). The molecule has 0 fully saturated rings. The Morgan fingerprint density at radius 1 is 1.47 bits per heavy atom. The predicted octanol–water partition coefficient (Wildman–Crippen LogP) is 2.73. The second kappa shape index (κ2) is 5.89. The number of hydrogen-bond donors (Lipinski definition) is 0. The predicted molar refractivity (Wildman–Crippen MR) is 64.7 cm³/mol. The van der Waals surface area contributed by atoms with Gasteiger partial charge in [-0.1, -0.05) is 19.6 Å². The smallest absolute Gasteiger partial charge is 0.276 e. The summed E-state index contributed by atoms with van der Waals surface area (Å²) in [5, 5.41) is 10.9. The highest BCUT2D eigenvalue weighted by atomic mass is 16.6. The molecule has 0 aromatic heterocycles. The van der Waals surface area contributed by atoms with E-state index < -0.39 is 4.92 Å². The van der Waals surface area contributed by atoms with E-state index in [1.165, 1.54) is 13.2 Å². The van der Waals surface area contributed by atoms with Gasteiger partial charge in [-0.25, -0.2) is 0 Å². The topological polar surface area (TPSA) is 61.6 Å². The number of ether oxygens (including phenoxy) is 2. The highest BCUT2D eigenvalue weighted by Crippen LogP contribution is 2.34. The van der Waals surface area contributed by atoms with Gasteiger partial charge in [-0.05, 0) is 12.5 Å². The molecule has 0 saturated carbocycles. The van der Waals surface area contributed by atoms with Crippen LogP contribution in [-0.2, 0) is 6.42 Å². The van der Waals surface area contributed by atoms with Gasteiger partial charge in [-0.2, -0.15) is 0 Å². The molecule has 0 N–H and O–H groups in total. The fourth-order valence-corrected chi connectivity index (χ4v) is 1.47. The molecule has 0 aliphatic rings. The van der Waals surface area contributed by atoms with Crippen LogP contribution in [0.4, 0.5) is 5.69 Å². The Morgan fingerprint density at radius 3 is 2.65 bits per heavy atom. The lowest BCUT2D eigenvalue weighted by atomic mass is 10.1. The van der Waals surface area contributed by atoms with Gasteiger partial charge in [0.15, 0.2) is 11.5 Å². The maximum atomic E-state index is 10.9. The average molecular weight is 237 g/mol. The highest BCUT2D eigenvalue weighted by molar-refractivity contribution is 5.54. The molecule has 0 heterocycles. The second-order valence-corrected chi connectivity index (χ2v) is 3.34. The molecule has 0 bridgehead atoms. The summed E-state index contributed by atoms with van der Waals surface area (Å²) in [6, 6.07) is 3.03. The van der Waals surface area contributed by atoms with Crippen LogP contribution in [0.1, 0.15) is 12.5 Å². The van der Waals surface area contributed by atoms with Gasteiger partial charge < -0.3 is 9.47 Å². The van der Waals surface area contributed by atoms with Gasteiger partial charge in [-0.15, -0.1) is 0 Å². The number of nitro groups is 1. The van der Waals surface area contributed by atoms with Crippen LogP contribution >= 0.6 is 0 Å². The minimum atomic E-state index is -0.418. The Balaban J connectivity index is 3.23. The molecule has 0 radical (unpaired) electrons. The first-order valence-electron chi connectivity index (χ1n) is 5.23. The number of rotatable bonds is 6. The zero-order valence-electron chi connectivity index (χ0n) is 9.93. The lowest BCUT2D eigenvalue weighted by Gasteiger charge is -2.11. The zero-order valence-corrected chi connectivity index (χ0v) is 9.93. The minimum absolute atomic E-state index is 0.0485. The third-order valence-corrected chi connectivity index (χ3v) is 2.30. The molecular formula is C12H15NO4. The van der Waals surface area contributed by atoms with Gasteiger partial charge in [0, 0.05) is 5.56 Å². The molecule has 0 atom stereocenters. The van der Waals surface area contributed by atoms with Crippen LogP contribution in [0, 0.1) is 10.1 Å². The molecule has 5 nitrogen and oxygen atoms in total. The van der Waals surface area contributed by atoms with E-state index in [4.69, 9.17) is 9.47 Å². The Kier molecular flexibility index (Phi) is 4.51. The van der Waals surface area contributed by atoms with Gasteiger partial charge in [0.1, 0.15) is 6.61 Å². The van der Waals surface area contributed by atoms with Crippen molar-refractivity contribution in [3.05, 3.63) is 40.5 Å². The van der Waals surface area contributed by atoms with E-state index in [0.717, 1.165) is 0 Å². The van der Waals surface area contributed by atoms with Crippen molar-refractivity contribution in [2.75, 3.05) is 13.7 Å². The number of nitrogens with zero attached hydrogens (tertiary/aromatic N) is 1. The first kappa shape index (κ1) is 13.0. The van der Waals surface area contributed by atoms with Crippen LogP contribution in [0.15, 0.2) is 24.8 Å². The molecule has 5 heteroatoms. The number of methoxy groups -OCH3 is 1. The summed E-state index contributed by atoms with van der Waals surface area (Å²) in [7, 11) is 1.50. The van der Waals surface area contributed by atoms with E-state index in [1.807, 2.05) is 6.92 Å². The maximum Gasteiger partial charge on any atom is 0.276 e. The molecule has 0 unspecified atom stereocenters. The van der Waals surface area contributed by atoms with Gasteiger partial charge in [0.2, 0.25) is 0 Å². The summed E-state index contributed by atoms with van der Waals surface area (Å²) in [6.07, 6.45) is 2.13. The number of aryl methyl sites for hydroxylation is 1. The van der Waals surface area contributed by atoms with Crippen molar-refractivity contribution in [2.45, 2.75) is 13.3 Å². The number of hydrogen-bond acceptors (Lipinski definition) is 4. The fourth-order valence-electron chi connectivity index (χ4n) is 1.47. The third kappa shape index (κ3) is 2.96. The van der Waals surface area contributed by atoms with Gasteiger partial charge in [0.05, 0.1) is 18.1 Å². The molecule has 92 valence electrons. The van der Waals surface area contributed by atoms with Crippen LogP contribution in [-0.4, -0.2) is 18.6 Å². The maximum absolute atomic E-state index is 10.9. The quantitative estimate of drug-likeness (QED) is 0.433. The van der Waals surface area contributed by atoms with Crippen molar-refractivity contribution in [3.63, 3.8) is 0 Å². The summed E-state index contributed by atoms with van der Waals surface area (Å²) < 4.78 is 10.5. The summed E-state index contributed by atoms with van der Waals surface area (Å²) in [4.78, 5) is 10.5. The van der Waals surface area contributed by atoms with E-state index in [2.05, 4.69) is 6.58 Å². The normalized spacial score (nSPS) is 9.76. The third-order valence-electron chi connectivity index (χ3n) is 2.30. The largest absolute Gasteiger partial charge is 0.493 e. The Morgan fingerprint density at radius 2 is 2.18 bits per heavy atom. The molecule has 17 heavy (non-hydrogen) atoms. The van der Waals surface area contributed by atoms with Gasteiger partial charge in [0.25, 0.3) is 5.69 Å². The summed E-state index contributed by atoms with van der Waals surface area (Å²) in [5.74, 6) is 0.852. The summed E-state index contributed by atoms with van der Waals surface area (Å²) >= 11 is 0. The molecule has 1 aromatic carbocycles. The summed E-state index contributed by atoms with van der Waals surface area (Å²) in [5.41, 5.74) is 0.671. The Hall–Kier alpha value is -2.04. The van der Waals surface area contributed by atoms with Crippen molar-refractivity contribution in [1.82, 2.24) is 0 Å². The monoisotopic (exact) mass is 237 g/mol. The van der Waals surface area contributed by atoms with E-state index >= 15 is 0 Å². The molecule has 0 aliphatic heterocycles. The van der Waals surface area contributed by atoms with Crippen molar-refractivity contribution in [2.24, 2.45) is 0 Å². The number of nitro benzene ring substituents is 1. The molecule has 0 saturated heterocycles. The second-order valence-electron chi connectivity index (χ2n) is 3.34. The standard InChI is InChI=1S/C12H15NO4/c1-4-6-17-12-8-10(13(14)15)9(5-2)7-11(12)16-3/h4,7-8H,1,5-6H2,2-3H3. The lowest BCUT2D eigenvalue weighted by Crippen LogP contribution is -2.00. The average Bonchev–Trinajstić information content (AvgIpc) is 2.34. The van der Waals surface area contributed by atoms with Crippen LogP contribution in [0.5, 0.6) is 11.5 Å². The Bertz CT molecular complexity index is 429.